The van der Waals surface area contributed by atoms with Crippen LogP contribution in [0.25, 0.3) is 0 Å². The first-order valence-electron chi connectivity index (χ1n) is 11.5. The van der Waals surface area contributed by atoms with Crippen molar-refractivity contribution < 1.29 is 47.7 Å². The molecule has 0 unspecified atom stereocenters. The van der Waals surface area contributed by atoms with E-state index in [0.717, 1.165) is 0 Å². The molecule has 2 amide bonds. The van der Waals surface area contributed by atoms with E-state index in [1.165, 1.54) is 52.0 Å². The van der Waals surface area contributed by atoms with Gasteiger partial charge in [-0.1, -0.05) is 12.1 Å². The van der Waals surface area contributed by atoms with Gasteiger partial charge >= 0.3 is 35.7 Å². The molecule has 0 saturated heterocycles. The van der Waals surface area contributed by atoms with Crippen LogP contribution in [0.5, 0.6) is 23.0 Å². The molecule has 0 spiro atoms. The summed E-state index contributed by atoms with van der Waals surface area (Å²) in [5.41, 5.74) is 1.33. The minimum atomic E-state index is -0.840. The van der Waals surface area contributed by atoms with E-state index in [2.05, 4.69) is 10.6 Å². The Morgan fingerprint density at radius 3 is 1.16 bits per heavy atom. The smallest absolute Gasteiger partial charge is 0.309 e. The molecule has 202 valence electrons. The highest BCUT2D eigenvalue weighted by molar-refractivity contribution is 6.35. The Morgan fingerprint density at radius 2 is 0.842 bits per heavy atom. The highest BCUT2D eigenvalue weighted by atomic mass is 16.6. The van der Waals surface area contributed by atoms with Crippen molar-refractivity contribution in [3.8, 4) is 23.0 Å². The summed E-state index contributed by atoms with van der Waals surface area (Å²) in [6.07, 6.45) is 0.614. The van der Waals surface area contributed by atoms with Crippen LogP contribution in [0.1, 0.15) is 38.8 Å². The molecule has 0 aliphatic heterocycles. The van der Waals surface area contributed by atoms with Crippen LogP contribution in [0.15, 0.2) is 36.4 Å². The van der Waals surface area contributed by atoms with E-state index in [4.69, 9.17) is 18.9 Å². The molecule has 2 aromatic rings. The summed E-state index contributed by atoms with van der Waals surface area (Å²) < 4.78 is 20.2. The van der Waals surface area contributed by atoms with Gasteiger partial charge in [-0.25, -0.2) is 0 Å². The third-order valence-electron chi connectivity index (χ3n) is 4.64. The standard InChI is InChI=1S/C26H28N2O10/c1-15(29)35-21-7-5-19(13-23(21)37-17(3)31)9-11-27-25(33)26(34)28-12-10-20-6-8-22(36-16(2)30)24(14-20)38-18(4)32/h5-8,13-14H,9-12H2,1-4H3,(H,27,33)(H,28,34). The number of carbonyl (C=O) groups excluding carboxylic acids is 6. The van der Waals surface area contributed by atoms with Gasteiger partial charge in [-0.15, -0.1) is 0 Å². The Bertz CT molecular complexity index is 1140. The van der Waals surface area contributed by atoms with Gasteiger partial charge in [0.25, 0.3) is 0 Å². The van der Waals surface area contributed by atoms with Gasteiger partial charge < -0.3 is 29.6 Å². The van der Waals surface area contributed by atoms with Crippen molar-refractivity contribution in [3.05, 3.63) is 47.5 Å². The van der Waals surface area contributed by atoms with Crippen molar-refractivity contribution in [2.75, 3.05) is 13.1 Å². The summed E-state index contributed by atoms with van der Waals surface area (Å²) >= 11 is 0. The van der Waals surface area contributed by atoms with Crippen molar-refractivity contribution in [1.29, 1.82) is 0 Å². The predicted octanol–water partition coefficient (Wildman–Crippen LogP) is 1.41. The molecule has 0 aromatic heterocycles. The first kappa shape index (κ1) is 29.5. The van der Waals surface area contributed by atoms with Crippen LogP contribution in [0.3, 0.4) is 0 Å². The molecule has 38 heavy (non-hydrogen) atoms. The Labute approximate surface area is 218 Å². The van der Waals surface area contributed by atoms with Crippen LogP contribution in [-0.2, 0) is 41.6 Å². The molecular formula is C26H28N2O10. The van der Waals surface area contributed by atoms with E-state index in [1.807, 2.05) is 0 Å². The lowest BCUT2D eigenvalue weighted by Gasteiger charge is -2.12. The maximum Gasteiger partial charge on any atom is 0.309 e. The third-order valence-corrected chi connectivity index (χ3v) is 4.64. The molecule has 0 heterocycles. The van der Waals surface area contributed by atoms with Crippen molar-refractivity contribution >= 4 is 35.7 Å². The van der Waals surface area contributed by atoms with Crippen LogP contribution in [0, 0.1) is 0 Å². The minimum absolute atomic E-state index is 0.0621. The normalized spacial score (nSPS) is 10.1. The van der Waals surface area contributed by atoms with Gasteiger partial charge in [-0.05, 0) is 48.2 Å². The highest BCUT2D eigenvalue weighted by Crippen LogP contribution is 2.30. The maximum absolute atomic E-state index is 12.1. The van der Waals surface area contributed by atoms with Crippen LogP contribution in [-0.4, -0.2) is 48.8 Å². The minimum Gasteiger partial charge on any atom is -0.423 e. The van der Waals surface area contributed by atoms with Gasteiger partial charge in [-0.3, -0.25) is 28.8 Å². The van der Waals surface area contributed by atoms with Crippen molar-refractivity contribution in [2.24, 2.45) is 0 Å². The number of carbonyl (C=O) groups is 6. The number of hydrogen-bond donors (Lipinski definition) is 2. The van der Waals surface area contributed by atoms with E-state index < -0.39 is 35.7 Å². The summed E-state index contributed by atoms with van der Waals surface area (Å²) in [6, 6.07) is 9.21. The molecule has 2 aromatic carbocycles. The SMILES string of the molecule is CC(=O)Oc1ccc(CCNC(=O)C(=O)NCCc2ccc(OC(C)=O)c(OC(C)=O)c2)cc1OC(C)=O. The zero-order chi connectivity index (χ0) is 28.2. The lowest BCUT2D eigenvalue weighted by Crippen LogP contribution is -2.41. The Hall–Kier alpha value is -4.74. The van der Waals surface area contributed by atoms with Crippen molar-refractivity contribution in [3.63, 3.8) is 0 Å². The molecule has 0 aliphatic rings. The molecular weight excluding hydrogens is 500 g/mol. The lowest BCUT2D eigenvalue weighted by atomic mass is 10.1. The Balaban J connectivity index is 1.87. The van der Waals surface area contributed by atoms with Crippen LogP contribution in [0.4, 0.5) is 0 Å². The number of benzene rings is 2. The molecule has 0 atom stereocenters. The largest absolute Gasteiger partial charge is 0.423 e. The van der Waals surface area contributed by atoms with E-state index >= 15 is 0 Å². The maximum atomic E-state index is 12.1. The zero-order valence-electron chi connectivity index (χ0n) is 21.4. The van der Waals surface area contributed by atoms with E-state index in [0.29, 0.717) is 24.0 Å². The predicted molar refractivity (Wildman–Crippen MR) is 132 cm³/mol. The fraction of sp³-hybridized carbons (Fsp3) is 0.308. The van der Waals surface area contributed by atoms with Crippen LogP contribution >= 0.6 is 0 Å². The van der Waals surface area contributed by atoms with E-state index in [-0.39, 0.29) is 36.1 Å². The molecule has 2 N–H and O–H groups in total. The second-order valence-electron chi connectivity index (χ2n) is 7.95. The summed E-state index contributed by atoms with van der Waals surface area (Å²) in [4.78, 5) is 69.4. The molecule has 2 rings (SSSR count). The average molecular weight is 529 g/mol. The second kappa shape index (κ2) is 14.1. The fourth-order valence-electron chi connectivity index (χ4n) is 3.16. The van der Waals surface area contributed by atoms with E-state index in [1.54, 1.807) is 12.1 Å². The zero-order valence-corrected chi connectivity index (χ0v) is 21.4. The van der Waals surface area contributed by atoms with Crippen LogP contribution in [0.2, 0.25) is 0 Å². The molecule has 12 heteroatoms. The molecule has 0 fully saturated rings. The molecule has 0 bridgehead atoms. The monoisotopic (exact) mass is 528 g/mol. The number of rotatable bonds is 10. The topological polar surface area (TPSA) is 163 Å². The second-order valence-corrected chi connectivity index (χ2v) is 7.95. The first-order chi connectivity index (χ1) is 17.9. The third kappa shape index (κ3) is 10.1. The van der Waals surface area contributed by atoms with Gasteiger partial charge in [0.1, 0.15) is 0 Å². The Morgan fingerprint density at radius 1 is 0.526 bits per heavy atom. The van der Waals surface area contributed by atoms with E-state index in [9.17, 15) is 28.8 Å². The quantitative estimate of drug-likeness (QED) is 0.262. The summed E-state index contributed by atoms with van der Waals surface area (Å²) in [5, 5.41) is 4.99. The number of nitrogens with one attached hydrogen (secondary N) is 2. The van der Waals surface area contributed by atoms with Gasteiger partial charge in [0, 0.05) is 40.8 Å². The molecule has 0 radical (unpaired) electrons. The number of ether oxygens (including phenoxy) is 4. The first-order valence-corrected chi connectivity index (χ1v) is 11.5. The Kier molecular flexibility index (Phi) is 11.0. The van der Waals surface area contributed by atoms with Gasteiger partial charge in [0.2, 0.25) is 0 Å². The summed E-state index contributed by atoms with van der Waals surface area (Å²) in [5.74, 6) is -3.73. The number of amides is 2. The molecule has 12 nitrogen and oxygen atoms in total. The van der Waals surface area contributed by atoms with Gasteiger partial charge in [0.05, 0.1) is 0 Å². The highest BCUT2D eigenvalue weighted by Gasteiger charge is 2.15. The number of hydrogen-bond acceptors (Lipinski definition) is 10. The number of esters is 4. The van der Waals surface area contributed by atoms with Crippen LogP contribution < -0.4 is 29.6 Å². The van der Waals surface area contributed by atoms with Crippen molar-refractivity contribution in [1.82, 2.24) is 10.6 Å². The summed E-state index contributed by atoms with van der Waals surface area (Å²) in [6.45, 7) is 5.07. The molecule has 0 saturated carbocycles. The average Bonchev–Trinajstić information content (AvgIpc) is 2.81. The van der Waals surface area contributed by atoms with Gasteiger partial charge in [-0.2, -0.15) is 0 Å². The summed E-state index contributed by atoms with van der Waals surface area (Å²) in [7, 11) is 0. The molecule has 0 aliphatic carbocycles. The van der Waals surface area contributed by atoms with Crippen molar-refractivity contribution in [2.45, 2.75) is 40.5 Å². The van der Waals surface area contributed by atoms with Gasteiger partial charge in [0.15, 0.2) is 23.0 Å². The lowest BCUT2D eigenvalue weighted by molar-refractivity contribution is -0.139. The fourth-order valence-corrected chi connectivity index (χ4v) is 3.16.